The molecule has 0 saturated carbocycles. The summed E-state index contributed by atoms with van der Waals surface area (Å²) in [6.45, 7) is 5.15. The van der Waals surface area contributed by atoms with Crippen molar-refractivity contribution in [3.63, 3.8) is 0 Å². The Kier molecular flexibility index (Phi) is 4.39. The predicted octanol–water partition coefficient (Wildman–Crippen LogP) is 1.26. The molecule has 0 aromatic carbocycles. The number of carbonyl (C=O) groups excluding carboxylic acids is 2. The molecule has 2 amide bonds. The van der Waals surface area contributed by atoms with Crippen molar-refractivity contribution in [3.8, 4) is 0 Å². The van der Waals surface area contributed by atoms with Gasteiger partial charge in [0.15, 0.2) is 6.23 Å². The zero-order valence-corrected chi connectivity index (χ0v) is 9.93. The van der Waals surface area contributed by atoms with Gasteiger partial charge in [-0.25, -0.2) is 9.59 Å². The van der Waals surface area contributed by atoms with Gasteiger partial charge in [-0.3, -0.25) is 4.90 Å². The van der Waals surface area contributed by atoms with Crippen molar-refractivity contribution < 1.29 is 19.1 Å². The molecular weight excluding hydrogens is 212 g/mol. The fourth-order valence-electron chi connectivity index (χ4n) is 1.60. The first kappa shape index (κ1) is 12.6. The number of amides is 2. The van der Waals surface area contributed by atoms with Crippen LogP contribution < -0.4 is 0 Å². The quantitative estimate of drug-likeness (QED) is 0.685. The van der Waals surface area contributed by atoms with Crippen molar-refractivity contribution in [2.75, 3.05) is 26.7 Å². The van der Waals surface area contributed by atoms with Crippen LogP contribution in [-0.4, -0.2) is 55.0 Å². The lowest BCUT2D eigenvalue weighted by Gasteiger charge is -2.37. The van der Waals surface area contributed by atoms with Crippen molar-refractivity contribution >= 4 is 12.2 Å². The van der Waals surface area contributed by atoms with Crippen LogP contribution in [-0.2, 0) is 9.47 Å². The normalized spacial score (nSPS) is 20.9. The highest BCUT2D eigenvalue weighted by Crippen LogP contribution is 2.15. The average molecular weight is 230 g/mol. The number of hydrogen-bond acceptors (Lipinski definition) is 4. The van der Waals surface area contributed by atoms with E-state index in [1.807, 2.05) is 6.92 Å². The second-order valence-electron chi connectivity index (χ2n) is 3.52. The molecule has 0 radical (unpaired) electrons. The summed E-state index contributed by atoms with van der Waals surface area (Å²) in [5.74, 6) is 0. The number of hydrogen-bond donors (Lipinski definition) is 0. The average Bonchev–Trinajstić information content (AvgIpc) is 2.25. The van der Waals surface area contributed by atoms with Crippen molar-refractivity contribution in [3.05, 3.63) is 0 Å². The first-order chi connectivity index (χ1) is 7.60. The van der Waals surface area contributed by atoms with Gasteiger partial charge in [-0.1, -0.05) is 0 Å². The summed E-state index contributed by atoms with van der Waals surface area (Å²) >= 11 is 0. The van der Waals surface area contributed by atoms with Crippen LogP contribution in [0.2, 0.25) is 0 Å². The standard InChI is InChI=1S/C10H18N2O4/c1-4-12-7-6-8(11(3)9(12)13)16-10(14)15-5-2/h8H,4-7H2,1-3H3. The highest BCUT2D eigenvalue weighted by atomic mass is 16.7. The van der Waals surface area contributed by atoms with Gasteiger partial charge in [0, 0.05) is 26.6 Å². The minimum atomic E-state index is -0.725. The maximum atomic E-state index is 11.7. The van der Waals surface area contributed by atoms with Crippen molar-refractivity contribution in [2.45, 2.75) is 26.5 Å². The van der Waals surface area contributed by atoms with Gasteiger partial charge in [0.25, 0.3) is 0 Å². The maximum absolute atomic E-state index is 11.7. The Hall–Kier alpha value is -1.46. The lowest BCUT2D eigenvalue weighted by Crippen LogP contribution is -2.53. The van der Waals surface area contributed by atoms with E-state index in [1.165, 1.54) is 4.90 Å². The van der Waals surface area contributed by atoms with Gasteiger partial charge in [-0.15, -0.1) is 0 Å². The predicted molar refractivity (Wildman–Crippen MR) is 56.9 cm³/mol. The first-order valence-corrected chi connectivity index (χ1v) is 5.45. The topological polar surface area (TPSA) is 59.1 Å². The molecule has 1 heterocycles. The van der Waals surface area contributed by atoms with E-state index in [4.69, 9.17) is 4.74 Å². The summed E-state index contributed by atoms with van der Waals surface area (Å²) < 4.78 is 9.69. The molecule has 16 heavy (non-hydrogen) atoms. The van der Waals surface area contributed by atoms with Crippen LogP contribution in [0, 0.1) is 0 Å². The molecule has 1 saturated heterocycles. The van der Waals surface area contributed by atoms with E-state index in [2.05, 4.69) is 4.74 Å². The van der Waals surface area contributed by atoms with Crippen molar-refractivity contribution in [1.29, 1.82) is 0 Å². The summed E-state index contributed by atoms with van der Waals surface area (Å²) in [7, 11) is 1.62. The molecule has 0 aliphatic carbocycles. The Labute approximate surface area is 95.1 Å². The minimum Gasteiger partial charge on any atom is -0.435 e. The van der Waals surface area contributed by atoms with Crippen LogP contribution in [0.15, 0.2) is 0 Å². The van der Waals surface area contributed by atoms with E-state index >= 15 is 0 Å². The molecule has 0 N–H and O–H groups in total. The Bertz CT molecular complexity index is 270. The molecule has 1 rings (SSSR count). The number of ether oxygens (including phenoxy) is 2. The molecule has 0 aromatic heterocycles. The monoisotopic (exact) mass is 230 g/mol. The number of nitrogens with zero attached hydrogens (tertiary/aromatic N) is 2. The van der Waals surface area contributed by atoms with E-state index in [0.29, 0.717) is 19.5 Å². The van der Waals surface area contributed by atoms with E-state index in [9.17, 15) is 9.59 Å². The maximum Gasteiger partial charge on any atom is 0.510 e. The van der Waals surface area contributed by atoms with Gasteiger partial charge >= 0.3 is 12.2 Å². The Morgan fingerprint density at radius 2 is 2.19 bits per heavy atom. The molecule has 1 atom stereocenters. The van der Waals surface area contributed by atoms with Crippen LogP contribution >= 0.6 is 0 Å². The molecule has 1 aliphatic rings. The molecule has 0 bridgehead atoms. The number of urea groups is 1. The van der Waals surface area contributed by atoms with Gasteiger partial charge in [-0.05, 0) is 13.8 Å². The van der Waals surface area contributed by atoms with Crippen molar-refractivity contribution in [2.24, 2.45) is 0 Å². The lowest BCUT2D eigenvalue weighted by atomic mass is 10.2. The molecule has 0 spiro atoms. The highest BCUT2D eigenvalue weighted by Gasteiger charge is 2.32. The van der Waals surface area contributed by atoms with Gasteiger partial charge in [-0.2, -0.15) is 0 Å². The van der Waals surface area contributed by atoms with Gasteiger partial charge in [0.05, 0.1) is 6.61 Å². The third-order valence-electron chi connectivity index (χ3n) is 2.53. The summed E-state index contributed by atoms with van der Waals surface area (Å²) in [5, 5.41) is 0. The largest absolute Gasteiger partial charge is 0.510 e. The second-order valence-corrected chi connectivity index (χ2v) is 3.52. The van der Waals surface area contributed by atoms with Crippen LogP contribution in [0.1, 0.15) is 20.3 Å². The second kappa shape index (κ2) is 5.58. The van der Waals surface area contributed by atoms with Gasteiger partial charge < -0.3 is 14.4 Å². The highest BCUT2D eigenvalue weighted by molar-refractivity contribution is 5.75. The molecule has 1 unspecified atom stereocenters. The molecule has 1 aliphatic heterocycles. The van der Waals surface area contributed by atoms with Crippen LogP contribution in [0.25, 0.3) is 0 Å². The van der Waals surface area contributed by atoms with E-state index in [1.54, 1.807) is 18.9 Å². The Balaban J connectivity index is 2.51. The third kappa shape index (κ3) is 2.77. The van der Waals surface area contributed by atoms with Gasteiger partial charge in [0.2, 0.25) is 0 Å². The van der Waals surface area contributed by atoms with E-state index in [-0.39, 0.29) is 12.6 Å². The van der Waals surface area contributed by atoms with Crippen LogP contribution in [0.5, 0.6) is 0 Å². The zero-order valence-electron chi connectivity index (χ0n) is 9.93. The number of rotatable bonds is 3. The molecular formula is C10H18N2O4. The molecule has 92 valence electrons. The lowest BCUT2D eigenvalue weighted by molar-refractivity contribution is -0.0456. The SMILES string of the molecule is CCOC(=O)OC1CCN(CC)C(=O)N1C. The first-order valence-electron chi connectivity index (χ1n) is 5.45. The summed E-state index contributed by atoms with van der Waals surface area (Å²) in [4.78, 5) is 26.0. The van der Waals surface area contributed by atoms with E-state index in [0.717, 1.165) is 0 Å². The molecule has 6 nitrogen and oxygen atoms in total. The minimum absolute atomic E-state index is 0.122. The van der Waals surface area contributed by atoms with Gasteiger partial charge in [0.1, 0.15) is 0 Å². The Morgan fingerprint density at radius 1 is 1.50 bits per heavy atom. The fourth-order valence-corrected chi connectivity index (χ4v) is 1.60. The summed E-state index contributed by atoms with van der Waals surface area (Å²) in [6, 6.07) is -0.122. The number of carbonyl (C=O) groups is 2. The molecule has 6 heteroatoms. The van der Waals surface area contributed by atoms with Crippen molar-refractivity contribution in [1.82, 2.24) is 9.80 Å². The molecule has 0 aromatic rings. The Morgan fingerprint density at radius 3 is 2.75 bits per heavy atom. The van der Waals surface area contributed by atoms with Crippen LogP contribution in [0.3, 0.4) is 0 Å². The third-order valence-corrected chi connectivity index (χ3v) is 2.53. The molecule has 1 fully saturated rings. The zero-order chi connectivity index (χ0) is 12.1. The van der Waals surface area contributed by atoms with Crippen LogP contribution in [0.4, 0.5) is 9.59 Å². The summed E-state index contributed by atoms with van der Waals surface area (Å²) in [6.07, 6.45) is -0.638. The summed E-state index contributed by atoms with van der Waals surface area (Å²) in [5.41, 5.74) is 0. The fraction of sp³-hybridized carbons (Fsp3) is 0.800. The smallest absolute Gasteiger partial charge is 0.435 e. The van der Waals surface area contributed by atoms with E-state index < -0.39 is 12.4 Å².